The second-order valence-corrected chi connectivity index (χ2v) is 9.40. The van der Waals surface area contributed by atoms with Crippen LogP contribution in [0.25, 0.3) is 11.0 Å². The Morgan fingerprint density at radius 3 is 2.63 bits per heavy atom. The van der Waals surface area contributed by atoms with Gasteiger partial charge in [-0.05, 0) is 37.4 Å². The number of nitrogens with one attached hydrogen (secondary N) is 1. The third-order valence-electron chi connectivity index (χ3n) is 5.32. The number of aromatic nitrogens is 2. The van der Waals surface area contributed by atoms with Gasteiger partial charge in [0.05, 0.1) is 22.3 Å². The first-order valence-electron chi connectivity index (χ1n) is 9.92. The van der Waals surface area contributed by atoms with Gasteiger partial charge in [0.1, 0.15) is 0 Å². The average Bonchev–Trinajstić information content (AvgIpc) is 3.16. The fourth-order valence-corrected chi connectivity index (χ4v) is 5.01. The van der Waals surface area contributed by atoms with Gasteiger partial charge in [-0.2, -0.15) is 4.31 Å². The van der Waals surface area contributed by atoms with E-state index in [-0.39, 0.29) is 17.2 Å². The number of imidazole rings is 1. The van der Waals surface area contributed by atoms with Crippen LogP contribution in [0.3, 0.4) is 0 Å². The van der Waals surface area contributed by atoms with Gasteiger partial charge in [0.2, 0.25) is 15.9 Å². The Bertz CT molecular complexity index is 1150. The number of amides is 1. The number of hydrogen-bond donors (Lipinski definition) is 1. The number of benzene rings is 2. The van der Waals surface area contributed by atoms with Gasteiger partial charge in [-0.15, -0.1) is 0 Å². The molecule has 1 aromatic heterocycles. The summed E-state index contributed by atoms with van der Waals surface area (Å²) in [4.78, 5) is 19.1. The minimum Gasteiger partial charge on any atom is -0.330 e. The van der Waals surface area contributed by atoms with Gasteiger partial charge in [-0.1, -0.05) is 18.2 Å². The van der Waals surface area contributed by atoms with E-state index in [4.69, 9.17) is 0 Å². The van der Waals surface area contributed by atoms with Crippen LogP contribution in [0.2, 0.25) is 0 Å². The van der Waals surface area contributed by atoms with Crippen LogP contribution in [0.5, 0.6) is 0 Å². The van der Waals surface area contributed by atoms with Crippen molar-refractivity contribution in [2.75, 3.05) is 38.5 Å². The molecule has 8 nitrogen and oxygen atoms in total. The molecule has 2 aromatic carbocycles. The van der Waals surface area contributed by atoms with Crippen molar-refractivity contribution in [2.45, 2.75) is 17.9 Å². The predicted molar refractivity (Wildman–Crippen MR) is 116 cm³/mol. The maximum absolute atomic E-state index is 12.9. The molecule has 1 amide bonds. The van der Waals surface area contributed by atoms with Crippen molar-refractivity contribution in [2.24, 2.45) is 0 Å². The number of piperazine rings is 1. The summed E-state index contributed by atoms with van der Waals surface area (Å²) in [5.41, 5.74) is 2.34. The lowest BCUT2D eigenvalue weighted by Crippen LogP contribution is -2.47. The van der Waals surface area contributed by atoms with Crippen molar-refractivity contribution in [3.8, 4) is 0 Å². The van der Waals surface area contributed by atoms with Gasteiger partial charge >= 0.3 is 0 Å². The van der Waals surface area contributed by atoms with E-state index in [1.165, 1.54) is 10.4 Å². The lowest BCUT2D eigenvalue weighted by atomic mass is 10.3. The van der Waals surface area contributed by atoms with E-state index in [1.54, 1.807) is 24.5 Å². The number of para-hydroxylation sites is 2. The van der Waals surface area contributed by atoms with E-state index in [2.05, 4.69) is 15.2 Å². The molecule has 1 aliphatic heterocycles. The molecular formula is C21H25N5O3S. The minimum absolute atomic E-state index is 0.179. The lowest BCUT2D eigenvalue weighted by Gasteiger charge is -2.31. The van der Waals surface area contributed by atoms with Crippen LogP contribution < -0.4 is 5.32 Å². The SMILES string of the molecule is CN1CCN(S(=O)(=O)c2cccc(NC(=O)CCn3cnc4ccccc43)c2)CC1. The Labute approximate surface area is 176 Å². The summed E-state index contributed by atoms with van der Waals surface area (Å²) in [5.74, 6) is -0.179. The van der Waals surface area contributed by atoms with E-state index < -0.39 is 10.0 Å². The third kappa shape index (κ3) is 4.38. The van der Waals surface area contributed by atoms with E-state index >= 15 is 0 Å². The molecule has 0 atom stereocenters. The van der Waals surface area contributed by atoms with Crippen LogP contribution in [0.1, 0.15) is 6.42 Å². The maximum Gasteiger partial charge on any atom is 0.243 e. The molecule has 3 aromatic rings. The zero-order chi connectivity index (χ0) is 21.1. The molecule has 9 heteroatoms. The van der Waals surface area contributed by atoms with Gasteiger partial charge in [0.25, 0.3) is 0 Å². The van der Waals surface area contributed by atoms with Gasteiger partial charge in [0, 0.05) is 44.8 Å². The van der Waals surface area contributed by atoms with Crippen molar-refractivity contribution in [3.63, 3.8) is 0 Å². The Morgan fingerprint density at radius 1 is 1.07 bits per heavy atom. The molecule has 158 valence electrons. The molecule has 1 aliphatic rings. The molecule has 0 saturated carbocycles. The summed E-state index contributed by atoms with van der Waals surface area (Å²) < 4.78 is 29.3. The van der Waals surface area contributed by atoms with Crippen LogP contribution in [-0.4, -0.2) is 66.3 Å². The largest absolute Gasteiger partial charge is 0.330 e. The second-order valence-electron chi connectivity index (χ2n) is 7.46. The summed E-state index contributed by atoms with van der Waals surface area (Å²) in [6.07, 6.45) is 1.98. The number of carbonyl (C=O) groups excluding carboxylic acids is 1. The van der Waals surface area contributed by atoms with Crippen LogP contribution in [0.15, 0.2) is 59.8 Å². The minimum atomic E-state index is -3.57. The Balaban J connectivity index is 1.40. The van der Waals surface area contributed by atoms with Crippen LogP contribution in [-0.2, 0) is 21.4 Å². The van der Waals surface area contributed by atoms with Crippen molar-refractivity contribution >= 4 is 32.7 Å². The molecule has 1 N–H and O–H groups in total. The molecule has 0 unspecified atom stereocenters. The molecule has 0 aliphatic carbocycles. The highest BCUT2D eigenvalue weighted by Gasteiger charge is 2.27. The van der Waals surface area contributed by atoms with Crippen molar-refractivity contribution < 1.29 is 13.2 Å². The number of fused-ring (bicyclic) bond motifs is 1. The molecule has 4 rings (SSSR count). The second kappa shape index (κ2) is 8.55. The number of rotatable bonds is 6. The summed E-state index contributed by atoms with van der Waals surface area (Å²) in [6, 6.07) is 14.2. The first kappa shape index (κ1) is 20.5. The summed E-state index contributed by atoms with van der Waals surface area (Å²) in [7, 11) is -1.59. The number of hydrogen-bond acceptors (Lipinski definition) is 5. The number of likely N-dealkylation sites (N-methyl/N-ethyl adjacent to an activating group) is 1. The highest BCUT2D eigenvalue weighted by molar-refractivity contribution is 7.89. The van der Waals surface area contributed by atoms with Crippen LogP contribution in [0, 0.1) is 0 Å². The first-order valence-corrected chi connectivity index (χ1v) is 11.4. The van der Waals surface area contributed by atoms with Crippen molar-refractivity contribution in [1.82, 2.24) is 18.8 Å². The number of sulfonamides is 1. The van der Waals surface area contributed by atoms with Crippen LogP contribution >= 0.6 is 0 Å². The number of carbonyl (C=O) groups is 1. The van der Waals surface area contributed by atoms with E-state index in [0.717, 1.165) is 11.0 Å². The van der Waals surface area contributed by atoms with E-state index in [9.17, 15) is 13.2 Å². The summed E-state index contributed by atoms with van der Waals surface area (Å²) >= 11 is 0. The zero-order valence-electron chi connectivity index (χ0n) is 16.9. The summed E-state index contributed by atoms with van der Waals surface area (Å²) in [5, 5.41) is 2.81. The lowest BCUT2D eigenvalue weighted by molar-refractivity contribution is -0.116. The van der Waals surface area contributed by atoms with E-state index in [1.807, 2.05) is 35.9 Å². The maximum atomic E-state index is 12.9. The highest BCUT2D eigenvalue weighted by Crippen LogP contribution is 2.21. The molecule has 0 spiro atoms. The Morgan fingerprint density at radius 2 is 1.83 bits per heavy atom. The highest BCUT2D eigenvalue weighted by atomic mass is 32.2. The standard InChI is InChI=1S/C21H25N5O3S/c1-24-11-13-26(14-12-24)30(28,29)18-6-4-5-17(15-18)23-21(27)9-10-25-16-22-19-7-2-3-8-20(19)25/h2-8,15-16H,9-14H2,1H3,(H,23,27). The third-order valence-corrected chi connectivity index (χ3v) is 7.22. The van der Waals surface area contributed by atoms with Crippen molar-refractivity contribution in [1.29, 1.82) is 0 Å². The quantitative estimate of drug-likeness (QED) is 0.650. The van der Waals surface area contributed by atoms with Crippen LogP contribution in [0.4, 0.5) is 5.69 Å². The van der Waals surface area contributed by atoms with Gasteiger partial charge < -0.3 is 14.8 Å². The summed E-state index contributed by atoms with van der Waals surface area (Å²) in [6.45, 7) is 2.84. The molecule has 30 heavy (non-hydrogen) atoms. The first-order chi connectivity index (χ1) is 14.4. The average molecular weight is 428 g/mol. The predicted octanol–water partition coefficient (Wildman–Crippen LogP) is 2.00. The number of anilines is 1. The molecule has 2 heterocycles. The van der Waals surface area contributed by atoms with Crippen molar-refractivity contribution in [3.05, 3.63) is 54.9 Å². The fraction of sp³-hybridized carbons (Fsp3) is 0.333. The van der Waals surface area contributed by atoms with Gasteiger partial charge in [0.15, 0.2) is 0 Å². The normalized spacial score (nSPS) is 16.0. The van der Waals surface area contributed by atoms with E-state index in [0.29, 0.717) is 38.4 Å². The number of aryl methyl sites for hydroxylation is 1. The molecule has 0 radical (unpaired) electrons. The topological polar surface area (TPSA) is 87.5 Å². The van der Waals surface area contributed by atoms with Gasteiger partial charge in [-0.3, -0.25) is 4.79 Å². The fourth-order valence-electron chi connectivity index (χ4n) is 3.55. The molecule has 1 fully saturated rings. The molecular weight excluding hydrogens is 402 g/mol. The van der Waals surface area contributed by atoms with Gasteiger partial charge in [-0.25, -0.2) is 13.4 Å². The molecule has 1 saturated heterocycles. The Kier molecular flexibility index (Phi) is 5.85. The monoisotopic (exact) mass is 427 g/mol. The zero-order valence-corrected chi connectivity index (χ0v) is 17.7. The molecule has 0 bridgehead atoms. The smallest absolute Gasteiger partial charge is 0.243 e. The number of nitrogens with zero attached hydrogens (tertiary/aromatic N) is 4. The Hall–Kier alpha value is -2.75.